The first-order valence-corrected chi connectivity index (χ1v) is 8.39. The van der Waals surface area contributed by atoms with Crippen molar-refractivity contribution in [2.75, 3.05) is 18.4 Å². The maximum absolute atomic E-state index is 13.6. The zero-order valence-electron chi connectivity index (χ0n) is 13.1. The normalized spacial score (nSPS) is 11.0. The Bertz CT molecular complexity index is 851. The van der Waals surface area contributed by atoms with Crippen molar-refractivity contribution >= 4 is 21.7 Å². The van der Waals surface area contributed by atoms with Gasteiger partial charge < -0.3 is 9.47 Å². The first kappa shape index (κ1) is 17.7. The number of anilines is 1. The predicted molar refractivity (Wildman–Crippen MR) is 85.9 cm³/mol. The van der Waals surface area contributed by atoms with Crippen LogP contribution in [0.25, 0.3) is 0 Å². The molecule has 2 rings (SSSR count). The number of ether oxygens (including phenoxy) is 2. The van der Waals surface area contributed by atoms with Gasteiger partial charge in [0.15, 0.2) is 6.61 Å². The van der Waals surface area contributed by atoms with Gasteiger partial charge in [0.2, 0.25) is 0 Å². The lowest BCUT2D eigenvalue weighted by Crippen LogP contribution is -2.15. The van der Waals surface area contributed by atoms with Crippen LogP contribution in [0, 0.1) is 12.7 Å². The van der Waals surface area contributed by atoms with Gasteiger partial charge in [0.25, 0.3) is 10.0 Å². The fourth-order valence-corrected chi connectivity index (χ4v) is 3.05. The highest BCUT2D eigenvalue weighted by Crippen LogP contribution is 2.24. The fourth-order valence-electron chi connectivity index (χ4n) is 1.89. The Morgan fingerprint density at radius 2 is 1.92 bits per heavy atom. The first-order valence-electron chi connectivity index (χ1n) is 6.91. The van der Waals surface area contributed by atoms with Crippen molar-refractivity contribution in [1.29, 1.82) is 0 Å². The van der Waals surface area contributed by atoms with Crippen molar-refractivity contribution in [1.82, 2.24) is 0 Å². The Hall–Kier alpha value is -2.61. The number of para-hydroxylation sites is 1. The summed E-state index contributed by atoms with van der Waals surface area (Å²) < 4.78 is 50.2. The van der Waals surface area contributed by atoms with E-state index in [0.29, 0.717) is 11.3 Å². The lowest BCUT2D eigenvalue weighted by molar-refractivity contribution is -0.142. The molecule has 2 aromatic rings. The SMILES string of the molecule is COC(=O)COc1ccc(S(=O)(=O)Nc2ccccc2F)cc1C. The number of rotatable bonds is 6. The quantitative estimate of drug-likeness (QED) is 0.807. The highest BCUT2D eigenvalue weighted by Gasteiger charge is 2.17. The van der Waals surface area contributed by atoms with E-state index in [1.165, 1.54) is 43.5 Å². The molecule has 128 valence electrons. The van der Waals surface area contributed by atoms with Crippen LogP contribution in [0.15, 0.2) is 47.4 Å². The summed E-state index contributed by atoms with van der Waals surface area (Å²) in [4.78, 5) is 11.0. The molecule has 0 atom stereocenters. The topological polar surface area (TPSA) is 81.7 Å². The third-order valence-corrected chi connectivity index (χ3v) is 4.51. The molecule has 2 aromatic carbocycles. The number of esters is 1. The van der Waals surface area contributed by atoms with E-state index in [0.717, 1.165) is 6.07 Å². The monoisotopic (exact) mass is 353 g/mol. The summed E-state index contributed by atoms with van der Waals surface area (Å²) in [6.07, 6.45) is 0. The van der Waals surface area contributed by atoms with E-state index in [4.69, 9.17) is 4.74 Å². The molecule has 0 aliphatic carbocycles. The molecule has 6 nitrogen and oxygen atoms in total. The number of nitrogens with one attached hydrogen (secondary N) is 1. The van der Waals surface area contributed by atoms with Crippen LogP contribution in [0.2, 0.25) is 0 Å². The Morgan fingerprint density at radius 3 is 2.54 bits per heavy atom. The van der Waals surface area contributed by atoms with Gasteiger partial charge in [-0.15, -0.1) is 0 Å². The van der Waals surface area contributed by atoms with Gasteiger partial charge in [0, 0.05) is 0 Å². The van der Waals surface area contributed by atoms with Crippen LogP contribution >= 0.6 is 0 Å². The van der Waals surface area contributed by atoms with Crippen molar-refractivity contribution < 1.29 is 27.1 Å². The number of aryl methyl sites for hydroxylation is 1. The highest BCUT2D eigenvalue weighted by atomic mass is 32.2. The number of hydrogen-bond acceptors (Lipinski definition) is 5. The Morgan fingerprint density at radius 1 is 1.21 bits per heavy atom. The first-order chi connectivity index (χ1) is 11.3. The molecule has 0 radical (unpaired) electrons. The van der Waals surface area contributed by atoms with Crippen LogP contribution in [-0.2, 0) is 19.6 Å². The van der Waals surface area contributed by atoms with Crippen molar-refractivity contribution in [2.24, 2.45) is 0 Å². The third-order valence-electron chi connectivity index (χ3n) is 3.15. The zero-order valence-corrected chi connectivity index (χ0v) is 13.9. The molecule has 8 heteroatoms. The molecule has 0 amide bonds. The molecule has 0 unspecified atom stereocenters. The van der Waals surface area contributed by atoms with Gasteiger partial charge in [0.05, 0.1) is 17.7 Å². The summed E-state index contributed by atoms with van der Waals surface area (Å²) >= 11 is 0. The Kier molecular flexibility index (Phi) is 5.40. The molecule has 0 aliphatic heterocycles. The van der Waals surface area contributed by atoms with Gasteiger partial charge >= 0.3 is 5.97 Å². The number of halogens is 1. The van der Waals surface area contributed by atoms with Crippen LogP contribution < -0.4 is 9.46 Å². The van der Waals surface area contributed by atoms with E-state index in [9.17, 15) is 17.6 Å². The zero-order chi connectivity index (χ0) is 17.7. The molecule has 0 spiro atoms. The van der Waals surface area contributed by atoms with Gasteiger partial charge in [-0.25, -0.2) is 17.6 Å². The smallest absolute Gasteiger partial charge is 0.343 e. The largest absolute Gasteiger partial charge is 0.482 e. The number of methoxy groups -OCH3 is 1. The highest BCUT2D eigenvalue weighted by molar-refractivity contribution is 7.92. The van der Waals surface area contributed by atoms with Crippen molar-refractivity contribution in [3.8, 4) is 5.75 Å². The Balaban J connectivity index is 2.21. The van der Waals surface area contributed by atoms with E-state index < -0.39 is 21.8 Å². The Labute approximate surface area is 139 Å². The standard InChI is InChI=1S/C16H16FNO5S/c1-11-9-12(7-8-15(11)23-10-16(19)22-2)24(20,21)18-14-6-4-3-5-13(14)17/h3-9,18H,10H2,1-2H3. The third kappa shape index (κ3) is 4.23. The van der Waals surface area contributed by atoms with E-state index >= 15 is 0 Å². The van der Waals surface area contributed by atoms with Crippen LogP contribution in [0.4, 0.5) is 10.1 Å². The minimum absolute atomic E-state index is 0.0475. The van der Waals surface area contributed by atoms with Crippen LogP contribution in [-0.4, -0.2) is 28.1 Å². The van der Waals surface area contributed by atoms with Crippen LogP contribution in [0.1, 0.15) is 5.56 Å². The molecule has 0 saturated carbocycles. The molecule has 0 aromatic heterocycles. The van der Waals surface area contributed by atoms with Crippen molar-refractivity contribution in [3.63, 3.8) is 0 Å². The maximum atomic E-state index is 13.6. The van der Waals surface area contributed by atoms with Crippen molar-refractivity contribution in [2.45, 2.75) is 11.8 Å². The average Bonchev–Trinajstić information content (AvgIpc) is 2.55. The molecule has 0 saturated heterocycles. The molecule has 0 heterocycles. The summed E-state index contributed by atoms with van der Waals surface area (Å²) in [5, 5.41) is 0. The lowest BCUT2D eigenvalue weighted by atomic mass is 10.2. The van der Waals surface area contributed by atoms with Crippen LogP contribution in [0.5, 0.6) is 5.75 Å². The maximum Gasteiger partial charge on any atom is 0.343 e. The average molecular weight is 353 g/mol. The summed E-state index contributed by atoms with van der Waals surface area (Å²) in [5.41, 5.74) is 0.372. The van der Waals surface area contributed by atoms with E-state index in [1.807, 2.05) is 0 Å². The fraction of sp³-hybridized carbons (Fsp3) is 0.188. The molecule has 0 bridgehead atoms. The molecular weight excluding hydrogens is 337 g/mol. The second-order valence-electron chi connectivity index (χ2n) is 4.88. The molecule has 0 aliphatic rings. The molecule has 0 fully saturated rings. The van der Waals surface area contributed by atoms with E-state index in [2.05, 4.69) is 9.46 Å². The molecule has 24 heavy (non-hydrogen) atoms. The minimum Gasteiger partial charge on any atom is -0.482 e. The number of sulfonamides is 1. The van der Waals surface area contributed by atoms with Crippen molar-refractivity contribution in [3.05, 3.63) is 53.8 Å². The molecule has 1 N–H and O–H groups in total. The summed E-state index contributed by atoms with van der Waals surface area (Å²) in [7, 11) is -2.71. The van der Waals surface area contributed by atoms with Gasteiger partial charge in [-0.3, -0.25) is 4.72 Å². The summed E-state index contributed by atoms with van der Waals surface area (Å²) in [5.74, 6) is -0.867. The van der Waals surface area contributed by atoms with Gasteiger partial charge in [-0.05, 0) is 42.8 Å². The predicted octanol–water partition coefficient (Wildman–Crippen LogP) is 2.49. The van der Waals surface area contributed by atoms with E-state index in [-0.39, 0.29) is 17.2 Å². The number of carbonyl (C=O) groups excluding carboxylic acids is 1. The number of benzene rings is 2. The van der Waals surface area contributed by atoms with E-state index in [1.54, 1.807) is 6.92 Å². The minimum atomic E-state index is -3.95. The number of carbonyl (C=O) groups is 1. The molecular formula is C16H16FNO5S. The summed E-state index contributed by atoms with van der Waals surface area (Å²) in [6.45, 7) is 1.35. The van der Waals surface area contributed by atoms with Gasteiger partial charge in [-0.2, -0.15) is 0 Å². The second kappa shape index (κ2) is 7.31. The number of hydrogen-bond donors (Lipinski definition) is 1. The van der Waals surface area contributed by atoms with Crippen LogP contribution in [0.3, 0.4) is 0 Å². The van der Waals surface area contributed by atoms with Gasteiger partial charge in [0.1, 0.15) is 11.6 Å². The van der Waals surface area contributed by atoms with Gasteiger partial charge in [-0.1, -0.05) is 12.1 Å². The summed E-state index contributed by atoms with van der Waals surface area (Å²) in [6, 6.07) is 9.58. The second-order valence-corrected chi connectivity index (χ2v) is 6.56. The lowest BCUT2D eigenvalue weighted by Gasteiger charge is -2.12.